The van der Waals surface area contributed by atoms with Crippen molar-refractivity contribution in [3.05, 3.63) is 86.5 Å². The Morgan fingerprint density at radius 1 is 1.10 bits per heavy atom. The van der Waals surface area contributed by atoms with Crippen LogP contribution in [-0.4, -0.2) is 23.9 Å². The molecule has 0 bridgehead atoms. The van der Waals surface area contributed by atoms with Crippen LogP contribution in [0.2, 0.25) is 0 Å². The molecule has 2 aromatic carbocycles. The van der Waals surface area contributed by atoms with E-state index in [9.17, 15) is 14.7 Å². The summed E-state index contributed by atoms with van der Waals surface area (Å²) < 4.78 is 6.12. The smallest absolute Gasteiger partial charge is 0.300 e. The maximum Gasteiger partial charge on any atom is 0.300 e. The summed E-state index contributed by atoms with van der Waals surface area (Å²) >= 11 is 4.83. The van der Waals surface area contributed by atoms with Gasteiger partial charge in [-0.2, -0.15) is 0 Å². The highest BCUT2D eigenvalue weighted by molar-refractivity contribution is 9.10. The number of rotatable bonds is 4. The summed E-state index contributed by atoms with van der Waals surface area (Å²) in [7, 11) is 1.49. The van der Waals surface area contributed by atoms with Gasteiger partial charge in [0.15, 0.2) is 0 Å². The van der Waals surface area contributed by atoms with Gasteiger partial charge in [0.05, 0.1) is 18.2 Å². The molecule has 1 unspecified atom stereocenters. The van der Waals surface area contributed by atoms with Gasteiger partial charge < -0.3 is 9.84 Å². The maximum atomic E-state index is 13.0. The molecule has 1 aliphatic heterocycles. The van der Waals surface area contributed by atoms with E-state index >= 15 is 0 Å². The number of benzene rings is 2. The Labute approximate surface area is 180 Å². The quantitative estimate of drug-likeness (QED) is 0.326. The Hall–Kier alpha value is -2.90. The van der Waals surface area contributed by atoms with Crippen LogP contribution in [0.3, 0.4) is 0 Å². The van der Waals surface area contributed by atoms with Gasteiger partial charge in [-0.25, -0.2) is 0 Å². The number of aliphatic hydroxyl groups is 1. The highest BCUT2D eigenvalue weighted by atomic mass is 79.9. The molecule has 5 nitrogen and oxygen atoms in total. The van der Waals surface area contributed by atoms with E-state index in [4.69, 9.17) is 4.74 Å². The van der Waals surface area contributed by atoms with Crippen LogP contribution in [0, 0.1) is 0 Å². The number of ether oxygens (including phenoxy) is 1. The van der Waals surface area contributed by atoms with Crippen molar-refractivity contribution < 1.29 is 19.4 Å². The molecule has 1 atom stereocenters. The fraction of sp³-hybridized carbons (Fsp3) is 0.0909. The zero-order valence-electron chi connectivity index (χ0n) is 15.3. The summed E-state index contributed by atoms with van der Waals surface area (Å²) in [5.74, 6) is -1.25. The third kappa shape index (κ3) is 3.36. The summed E-state index contributed by atoms with van der Waals surface area (Å²) in [5, 5.41) is 13.0. The van der Waals surface area contributed by atoms with Gasteiger partial charge in [0, 0.05) is 15.0 Å². The second kappa shape index (κ2) is 7.85. The largest absolute Gasteiger partial charge is 0.507 e. The first-order valence-electron chi connectivity index (χ1n) is 8.76. The van der Waals surface area contributed by atoms with Crippen LogP contribution in [0.15, 0.2) is 76.1 Å². The van der Waals surface area contributed by atoms with Crippen molar-refractivity contribution in [1.82, 2.24) is 0 Å². The molecule has 1 aliphatic rings. The monoisotopic (exact) mass is 469 g/mol. The van der Waals surface area contributed by atoms with Gasteiger partial charge in [0.2, 0.25) is 0 Å². The number of carbonyl (C=O) groups excluding carboxylic acids is 2. The molecule has 0 saturated carbocycles. The molecule has 1 N–H and O–H groups in total. The molecule has 7 heteroatoms. The van der Waals surface area contributed by atoms with E-state index < -0.39 is 17.7 Å². The van der Waals surface area contributed by atoms with Gasteiger partial charge in [-0.05, 0) is 41.8 Å². The number of para-hydroxylation sites is 1. The minimum absolute atomic E-state index is 0.0434. The molecule has 0 radical (unpaired) electrons. The SMILES string of the molecule is COc1ccccc1/C(O)=C1/C(=O)C(=O)N(c2cccc(Br)c2)C1c1cccs1. The molecule has 0 aliphatic carbocycles. The first kappa shape index (κ1) is 19.4. The number of ketones is 1. The second-order valence-electron chi connectivity index (χ2n) is 6.36. The third-order valence-electron chi connectivity index (χ3n) is 4.71. The van der Waals surface area contributed by atoms with E-state index in [1.165, 1.54) is 23.3 Å². The van der Waals surface area contributed by atoms with Crippen molar-refractivity contribution in [1.29, 1.82) is 0 Å². The van der Waals surface area contributed by atoms with Gasteiger partial charge >= 0.3 is 0 Å². The van der Waals surface area contributed by atoms with Crippen LogP contribution in [0.5, 0.6) is 5.75 Å². The number of amides is 1. The lowest BCUT2D eigenvalue weighted by Crippen LogP contribution is -2.29. The summed E-state index contributed by atoms with van der Waals surface area (Å²) in [4.78, 5) is 28.3. The molecular weight excluding hydrogens is 454 g/mol. The second-order valence-corrected chi connectivity index (χ2v) is 8.26. The van der Waals surface area contributed by atoms with Crippen LogP contribution in [0.4, 0.5) is 5.69 Å². The number of Topliss-reactive ketones (excluding diaryl/α,β-unsaturated/α-hetero) is 1. The molecule has 1 saturated heterocycles. The van der Waals surface area contributed by atoms with Crippen molar-refractivity contribution >= 4 is 50.4 Å². The molecule has 1 fully saturated rings. The van der Waals surface area contributed by atoms with Gasteiger partial charge in [-0.1, -0.05) is 40.2 Å². The topological polar surface area (TPSA) is 66.8 Å². The molecule has 2 heterocycles. The van der Waals surface area contributed by atoms with Crippen molar-refractivity contribution in [3.8, 4) is 5.75 Å². The van der Waals surface area contributed by atoms with Crippen LogP contribution < -0.4 is 9.64 Å². The van der Waals surface area contributed by atoms with E-state index in [0.717, 1.165) is 9.35 Å². The lowest BCUT2D eigenvalue weighted by Gasteiger charge is -2.24. The zero-order valence-corrected chi connectivity index (χ0v) is 17.7. The first-order chi connectivity index (χ1) is 14.0. The number of methoxy groups -OCH3 is 1. The van der Waals surface area contributed by atoms with Crippen molar-refractivity contribution in [2.75, 3.05) is 12.0 Å². The maximum absolute atomic E-state index is 13.0. The van der Waals surface area contributed by atoms with Gasteiger partial charge in [0.25, 0.3) is 11.7 Å². The van der Waals surface area contributed by atoms with Crippen LogP contribution >= 0.6 is 27.3 Å². The lowest BCUT2D eigenvalue weighted by atomic mass is 9.99. The predicted molar refractivity (Wildman–Crippen MR) is 116 cm³/mol. The van der Waals surface area contributed by atoms with Crippen LogP contribution in [0.25, 0.3) is 5.76 Å². The zero-order chi connectivity index (χ0) is 20.5. The summed E-state index contributed by atoms with van der Waals surface area (Å²) in [6.45, 7) is 0. The molecule has 0 spiro atoms. The van der Waals surface area contributed by atoms with Crippen molar-refractivity contribution in [2.45, 2.75) is 6.04 Å². The van der Waals surface area contributed by atoms with E-state index in [0.29, 0.717) is 17.0 Å². The molecule has 4 rings (SSSR count). The molecule has 3 aromatic rings. The Kier molecular flexibility index (Phi) is 5.25. The number of hydrogen-bond acceptors (Lipinski definition) is 5. The lowest BCUT2D eigenvalue weighted by molar-refractivity contribution is -0.132. The fourth-order valence-corrected chi connectivity index (χ4v) is 4.64. The van der Waals surface area contributed by atoms with Crippen LogP contribution in [-0.2, 0) is 9.59 Å². The van der Waals surface area contributed by atoms with Crippen molar-refractivity contribution in [2.24, 2.45) is 0 Å². The van der Waals surface area contributed by atoms with E-state index in [-0.39, 0.29) is 11.3 Å². The Morgan fingerprint density at radius 3 is 2.59 bits per heavy atom. The van der Waals surface area contributed by atoms with E-state index in [2.05, 4.69) is 15.9 Å². The van der Waals surface area contributed by atoms with E-state index in [1.807, 2.05) is 23.6 Å². The summed E-state index contributed by atoms with van der Waals surface area (Å²) in [6, 6.07) is 17.0. The average Bonchev–Trinajstić information content (AvgIpc) is 3.34. The van der Waals surface area contributed by atoms with E-state index in [1.54, 1.807) is 42.5 Å². The summed E-state index contributed by atoms with van der Waals surface area (Å²) in [5.41, 5.74) is 0.977. The molecule has 146 valence electrons. The fourth-order valence-electron chi connectivity index (χ4n) is 3.43. The van der Waals surface area contributed by atoms with Gasteiger partial charge in [-0.15, -0.1) is 11.3 Å². The predicted octanol–water partition coefficient (Wildman–Crippen LogP) is 5.15. The van der Waals surface area contributed by atoms with Crippen LogP contribution in [0.1, 0.15) is 16.5 Å². The molecule has 1 amide bonds. The Bertz CT molecular complexity index is 1120. The number of halogens is 1. The number of anilines is 1. The molecule has 29 heavy (non-hydrogen) atoms. The highest BCUT2D eigenvalue weighted by Crippen LogP contribution is 2.44. The number of nitrogens with zero attached hydrogens (tertiary/aromatic N) is 1. The average molecular weight is 470 g/mol. The Morgan fingerprint density at radius 2 is 1.90 bits per heavy atom. The standard InChI is InChI=1S/C22H16BrNO4S/c1-28-16-9-3-2-8-15(16)20(25)18-19(17-10-5-11-29-17)24(22(27)21(18)26)14-7-4-6-13(23)12-14/h2-12,19,25H,1H3/b20-18-. The molecule has 1 aromatic heterocycles. The number of carbonyl (C=O) groups is 2. The molecular formula is C22H16BrNO4S. The first-order valence-corrected chi connectivity index (χ1v) is 10.4. The number of aliphatic hydroxyl groups excluding tert-OH is 1. The normalized spacial score (nSPS) is 18.3. The third-order valence-corrected chi connectivity index (χ3v) is 6.12. The number of thiophene rings is 1. The minimum Gasteiger partial charge on any atom is -0.507 e. The van der Waals surface area contributed by atoms with Crippen molar-refractivity contribution in [3.63, 3.8) is 0 Å². The minimum atomic E-state index is -0.730. The Balaban J connectivity index is 1.96. The number of hydrogen-bond donors (Lipinski definition) is 1. The van der Waals surface area contributed by atoms with Gasteiger partial charge in [-0.3, -0.25) is 14.5 Å². The highest BCUT2D eigenvalue weighted by Gasteiger charge is 2.47. The summed E-state index contributed by atoms with van der Waals surface area (Å²) in [6.07, 6.45) is 0. The van der Waals surface area contributed by atoms with Gasteiger partial charge in [0.1, 0.15) is 17.6 Å².